The van der Waals surface area contributed by atoms with Crippen LogP contribution in [-0.2, 0) is 0 Å². The fourth-order valence-corrected chi connectivity index (χ4v) is 5.93. The van der Waals surface area contributed by atoms with E-state index in [-0.39, 0.29) is 0 Å². The molecule has 0 radical (unpaired) electrons. The highest BCUT2D eigenvalue weighted by atomic mass is 14.8. The first-order chi connectivity index (χ1) is 20.0. The first kappa shape index (κ1) is 27.7. The first-order valence-electron chi connectivity index (χ1n) is 14.5. The van der Waals surface area contributed by atoms with Gasteiger partial charge in [0, 0.05) is 39.6 Å². The fraction of sp³-hybridized carbons (Fsp3) is 0.250. The molecule has 0 saturated heterocycles. The molecular formula is C36H33N5. The zero-order chi connectivity index (χ0) is 29.4. The number of hydrogen-bond acceptors (Lipinski definition) is 5. The Hall–Kier alpha value is -4.87. The van der Waals surface area contributed by atoms with E-state index >= 15 is 0 Å². The van der Waals surface area contributed by atoms with Crippen LogP contribution in [0, 0.1) is 29.6 Å². The molecule has 41 heavy (non-hydrogen) atoms. The van der Waals surface area contributed by atoms with Gasteiger partial charge in [0.2, 0.25) is 0 Å². The summed E-state index contributed by atoms with van der Waals surface area (Å²) in [6.07, 6.45) is 5.52. The molecular weight excluding hydrogens is 502 g/mol. The number of fused-ring (bicyclic) bond motifs is 4. The predicted octanol–water partition coefficient (Wildman–Crippen LogP) is 9.50. The molecule has 0 bridgehead atoms. The lowest BCUT2D eigenvalue weighted by Crippen LogP contribution is -2.01. The molecule has 5 heteroatoms. The molecule has 202 valence electrons. The summed E-state index contributed by atoms with van der Waals surface area (Å²) >= 11 is 0. The van der Waals surface area contributed by atoms with E-state index in [0.717, 1.165) is 73.7 Å². The van der Waals surface area contributed by atoms with Gasteiger partial charge in [-0.15, -0.1) is 0 Å². The highest BCUT2D eigenvalue weighted by Gasteiger charge is 2.32. The molecule has 7 rings (SSSR count). The lowest BCUT2D eigenvalue weighted by molar-refractivity contribution is 1.24. The molecule has 1 aromatic heterocycles. The molecule has 5 nitrogen and oxygen atoms in total. The highest BCUT2D eigenvalue weighted by Crippen LogP contribution is 2.53. The summed E-state index contributed by atoms with van der Waals surface area (Å²) in [6, 6.07) is 17.0. The average molecular weight is 536 g/mol. The van der Waals surface area contributed by atoms with E-state index in [0.29, 0.717) is 12.0 Å². The van der Waals surface area contributed by atoms with Gasteiger partial charge in [-0.1, -0.05) is 65.0 Å². The Kier molecular flexibility index (Phi) is 7.40. The zero-order valence-corrected chi connectivity index (χ0v) is 24.8. The second kappa shape index (κ2) is 11.0. The summed E-state index contributed by atoms with van der Waals surface area (Å²) in [4.78, 5) is 15.2. The van der Waals surface area contributed by atoms with Gasteiger partial charge in [-0.05, 0) is 60.8 Å². The van der Waals surface area contributed by atoms with Gasteiger partial charge in [-0.25, -0.2) is 9.97 Å². The van der Waals surface area contributed by atoms with E-state index in [1.165, 1.54) is 21.9 Å². The van der Waals surface area contributed by atoms with Crippen molar-refractivity contribution in [3.8, 4) is 34.7 Å². The quantitative estimate of drug-likeness (QED) is 0.225. The van der Waals surface area contributed by atoms with Crippen molar-refractivity contribution < 1.29 is 0 Å². The number of benzene rings is 3. The Bertz CT molecular complexity index is 1970. The number of aryl methyl sites for hydroxylation is 1. The standard InChI is InChI=1S/C32H21N5.2C2H6/c1-4-21-22-7-8-24-29-25(31-32(24)37-27-13-19(15-34)17(3)12-26(27)36-31)10-9-23(28(22)29)30(21)35-20-6-5-18(14-33)16(2)11-20;2*1-2/h5,7-13H,4,6H2,1-3H3;2*1-2H3. The molecule has 0 spiro atoms. The van der Waals surface area contributed by atoms with Crippen LogP contribution >= 0.6 is 0 Å². The normalized spacial score (nSPS) is 14.9. The van der Waals surface area contributed by atoms with Gasteiger partial charge in [0.25, 0.3) is 0 Å². The molecule has 0 aliphatic heterocycles. The van der Waals surface area contributed by atoms with Crippen molar-refractivity contribution in [2.75, 3.05) is 0 Å². The second-order valence-corrected chi connectivity index (χ2v) is 9.80. The Morgan fingerprint density at radius 2 is 1.39 bits per heavy atom. The topological polar surface area (TPSA) is 85.7 Å². The smallest absolute Gasteiger partial charge is 0.0995 e. The number of aliphatic imine (C=N–C) groups is 1. The third kappa shape index (κ3) is 4.17. The molecule has 0 atom stereocenters. The second-order valence-electron chi connectivity index (χ2n) is 9.80. The van der Waals surface area contributed by atoms with Gasteiger partial charge in [0.15, 0.2) is 0 Å². The predicted molar refractivity (Wildman–Crippen MR) is 170 cm³/mol. The van der Waals surface area contributed by atoms with Gasteiger partial charge >= 0.3 is 0 Å². The molecule has 1 heterocycles. The molecule has 0 amide bonds. The van der Waals surface area contributed by atoms with Gasteiger partial charge in [0.1, 0.15) is 0 Å². The monoisotopic (exact) mass is 535 g/mol. The van der Waals surface area contributed by atoms with Crippen LogP contribution in [0.1, 0.15) is 76.6 Å². The van der Waals surface area contributed by atoms with Crippen LogP contribution in [0.3, 0.4) is 0 Å². The molecule has 0 unspecified atom stereocenters. The van der Waals surface area contributed by atoms with Gasteiger partial charge in [-0.2, -0.15) is 10.5 Å². The Labute approximate surface area is 241 Å². The summed E-state index contributed by atoms with van der Waals surface area (Å²) in [7, 11) is 0. The molecule has 4 aromatic rings. The maximum atomic E-state index is 9.50. The number of aromatic nitrogens is 2. The lowest BCUT2D eigenvalue weighted by Gasteiger charge is -2.10. The molecule has 3 aliphatic rings. The van der Waals surface area contributed by atoms with Crippen molar-refractivity contribution in [3.63, 3.8) is 0 Å². The molecule has 3 aliphatic carbocycles. The summed E-state index contributed by atoms with van der Waals surface area (Å²) in [5.74, 6) is 0. The number of allylic oxidation sites excluding steroid dienone is 5. The molecule has 3 aromatic carbocycles. The van der Waals surface area contributed by atoms with E-state index in [9.17, 15) is 10.5 Å². The van der Waals surface area contributed by atoms with Crippen LogP contribution in [0.4, 0.5) is 0 Å². The Morgan fingerprint density at radius 1 is 0.805 bits per heavy atom. The van der Waals surface area contributed by atoms with Crippen molar-refractivity contribution in [2.24, 2.45) is 4.99 Å². The maximum Gasteiger partial charge on any atom is 0.0995 e. The maximum absolute atomic E-state index is 9.50. The summed E-state index contributed by atoms with van der Waals surface area (Å²) in [5.41, 5.74) is 14.3. The Morgan fingerprint density at radius 3 is 1.98 bits per heavy atom. The van der Waals surface area contributed by atoms with Crippen LogP contribution in [0.15, 0.2) is 64.7 Å². The van der Waals surface area contributed by atoms with Gasteiger partial charge < -0.3 is 0 Å². The summed E-state index contributed by atoms with van der Waals surface area (Å²) < 4.78 is 0. The SMILES string of the molecule is CC.CC.CCC1=C(N=C2C=C(C)C(C#N)=CC2)c2ccc3c4c(ccc1c24)-c1nc2cc(C#N)c(C)cc2nc1-3. The third-order valence-corrected chi connectivity index (χ3v) is 7.72. The summed E-state index contributed by atoms with van der Waals surface area (Å²) in [5, 5.41) is 21.2. The van der Waals surface area contributed by atoms with Crippen LogP contribution in [0.25, 0.3) is 55.6 Å². The minimum Gasteiger partial charge on any atom is -0.252 e. The van der Waals surface area contributed by atoms with Crippen LogP contribution in [0.5, 0.6) is 0 Å². The van der Waals surface area contributed by atoms with Crippen LogP contribution < -0.4 is 0 Å². The Balaban J connectivity index is 0.000000810. The van der Waals surface area contributed by atoms with E-state index in [2.05, 4.69) is 43.3 Å². The van der Waals surface area contributed by atoms with E-state index in [1.54, 1.807) is 0 Å². The van der Waals surface area contributed by atoms with Crippen LogP contribution in [-0.4, -0.2) is 15.7 Å². The number of nitrogens with zero attached hydrogens (tertiary/aromatic N) is 5. The first-order valence-corrected chi connectivity index (χ1v) is 14.5. The number of hydrogen-bond donors (Lipinski definition) is 0. The average Bonchev–Trinajstić information content (AvgIpc) is 3.48. The van der Waals surface area contributed by atoms with E-state index < -0.39 is 0 Å². The minimum absolute atomic E-state index is 0.627. The minimum atomic E-state index is 0.627. The lowest BCUT2D eigenvalue weighted by atomic mass is 9.97. The van der Waals surface area contributed by atoms with Crippen molar-refractivity contribution in [2.45, 2.75) is 61.3 Å². The molecule has 0 N–H and O–H groups in total. The van der Waals surface area contributed by atoms with E-state index in [4.69, 9.17) is 15.0 Å². The van der Waals surface area contributed by atoms with Gasteiger partial charge in [-0.3, -0.25) is 4.99 Å². The largest absolute Gasteiger partial charge is 0.252 e. The van der Waals surface area contributed by atoms with E-state index in [1.807, 2.05) is 65.8 Å². The van der Waals surface area contributed by atoms with Crippen molar-refractivity contribution in [1.29, 1.82) is 10.5 Å². The van der Waals surface area contributed by atoms with Crippen LogP contribution in [0.2, 0.25) is 0 Å². The van der Waals surface area contributed by atoms with Crippen molar-refractivity contribution >= 4 is 38.8 Å². The highest BCUT2D eigenvalue weighted by molar-refractivity contribution is 6.24. The summed E-state index contributed by atoms with van der Waals surface area (Å²) in [6.45, 7) is 14.1. The van der Waals surface area contributed by atoms with Crippen molar-refractivity contribution in [1.82, 2.24) is 9.97 Å². The fourth-order valence-electron chi connectivity index (χ4n) is 5.93. The van der Waals surface area contributed by atoms with Gasteiger partial charge in [0.05, 0.1) is 51.4 Å². The van der Waals surface area contributed by atoms with Crippen molar-refractivity contribution in [3.05, 3.63) is 82.0 Å². The molecule has 0 fully saturated rings. The molecule has 0 saturated carbocycles. The zero-order valence-electron chi connectivity index (χ0n) is 24.8. The number of rotatable bonds is 2. The number of nitriles is 2. The third-order valence-electron chi connectivity index (χ3n) is 7.72.